The van der Waals surface area contributed by atoms with Gasteiger partial charge in [-0.25, -0.2) is 4.98 Å². The SMILES string of the molecule is O=C(O)C1CCN(C(=O)c2ncn3c2CO[C@H](c2ccccc2)C3)CC1. The molecule has 0 spiro atoms. The molecule has 7 heteroatoms. The van der Waals surface area contributed by atoms with Crippen LogP contribution in [0.2, 0.25) is 0 Å². The van der Waals surface area contributed by atoms with E-state index in [0.717, 1.165) is 11.3 Å². The van der Waals surface area contributed by atoms with E-state index in [9.17, 15) is 9.59 Å². The average Bonchev–Trinajstić information content (AvgIpc) is 3.11. The summed E-state index contributed by atoms with van der Waals surface area (Å²) in [4.78, 5) is 29.9. The van der Waals surface area contributed by atoms with Gasteiger partial charge in [0.2, 0.25) is 0 Å². The molecule has 3 heterocycles. The summed E-state index contributed by atoms with van der Waals surface area (Å²) in [6.45, 7) is 1.87. The molecule has 1 N–H and O–H groups in total. The van der Waals surface area contributed by atoms with Crippen LogP contribution in [0.15, 0.2) is 36.7 Å². The number of aromatic nitrogens is 2. The van der Waals surface area contributed by atoms with Gasteiger partial charge >= 0.3 is 5.97 Å². The van der Waals surface area contributed by atoms with Crippen LogP contribution >= 0.6 is 0 Å². The molecule has 1 atom stereocenters. The second-order valence-electron chi connectivity index (χ2n) is 6.81. The molecule has 0 aliphatic carbocycles. The molecule has 136 valence electrons. The van der Waals surface area contributed by atoms with Crippen LogP contribution in [0.1, 0.15) is 40.7 Å². The number of aliphatic carboxylic acids is 1. The van der Waals surface area contributed by atoms with Crippen LogP contribution in [-0.4, -0.2) is 44.5 Å². The fraction of sp³-hybridized carbons (Fsp3) is 0.421. The van der Waals surface area contributed by atoms with Crippen LogP contribution in [-0.2, 0) is 22.7 Å². The summed E-state index contributed by atoms with van der Waals surface area (Å²) in [5, 5.41) is 9.09. The van der Waals surface area contributed by atoms with Crippen molar-refractivity contribution in [3.63, 3.8) is 0 Å². The number of ether oxygens (including phenoxy) is 1. The average molecular weight is 355 g/mol. The van der Waals surface area contributed by atoms with Crippen LogP contribution in [0.5, 0.6) is 0 Å². The van der Waals surface area contributed by atoms with E-state index in [0.29, 0.717) is 44.8 Å². The Balaban J connectivity index is 1.46. The zero-order valence-electron chi connectivity index (χ0n) is 14.4. The Morgan fingerprint density at radius 3 is 2.58 bits per heavy atom. The number of rotatable bonds is 3. The summed E-state index contributed by atoms with van der Waals surface area (Å²) in [6, 6.07) is 10.0. The third-order valence-corrected chi connectivity index (χ3v) is 5.24. The molecule has 1 aromatic carbocycles. The lowest BCUT2D eigenvalue weighted by molar-refractivity contribution is -0.143. The van der Waals surface area contributed by atoms with Crippen molar-refractivity contribution in [3.05, 3.63) is 53.6 Å². The molecule has 0 unspecified atom stereocenters. The number of fused-ring (bicyclic) bond motifs is 1. The molecule has 0 saturated carbocycles. The molecular formula is C19H21N3O4. The highest BCUT2D eigenvalue weighted by molar-refractivity contribution is 5.93. The van der Waals surface area contributed by atoms with Crippen molar-refractivity contribution in [2.75, 3.05) is 13.1 Å². The first-order chi connectivity index (χ1) is 12.6. The van der Waals surface area contributed by atoms with Crippen molar-refractivity contribution in [2.24, 2.45) is 5.92 Å². The number of carbonyl (C=O) groups excluding carboxylic acids is 1. The summed E-state index contributed by atoms with van der Waals surface area (Å²) in [5.41, 5.74) is 2.32. The highest BCUT2D eigenvalue weighted by Gasteiger charge is 2.32. The normalized spacial score (nSPS) is 20.6. The van der Waals surface area contributed by atoms with Crippen LogP contribution < -0.4 is 0 Å². The molecule has 0 bridgehead atoms. The topological polar surface area (TPSA) is 84.7 Å². The van der Waals surface area contributed by atoms with Gasteiger partial charge in [-0.2, -0.15) is 0 Å². The summed E-state index contributed by atoms with van der Waals surface area (Å²) in [7, 11) is 0. The fourth-order valence-electron chi connectivity index (χ4n) is 3.65. The van der Waals surface area contributed by atoms with Gasteiger partial charge in [0.1, 0.15) is 6.10 Å². The van der Waals surface area contributed by atoms with E-state index in [1.807, 2.05) is 34.9 Å². The molecule has 26 heavy (non-hydrogen) atoms. The maximum atomic E-state index is 12.8. The van der Waals surface area contributed by atoms with E-state index in [4.69, 9.17) is 9.84 Å². The molecule has 2 aromatic rings. The zero-order chi connectivity index (χ0) is 18.1. The van der Waals surface area contributed by atoms with E-state index >= 15 is 0 Å². The van der Waals surface area contributed by atoms with Gasteiger partial charge in [-0.1, -0.05) is 30.3 Å². The number of nitrogens with zero attached hydrogens (tertiary/aromatic N) is 3. The van der Waals surface area contributed by atoms with Gasteiger partial charge in [-0.15, -0.1) is 0 Å². The van der Waals surface area contributed by atoms with Gasteiger partial charge in [0.05, 0.1) is 31.1 Å². The second kappa shape index (κ2) is 6.92. The highest BCUT2D eigenvalue weighted by atomic mass is 16.5. The number of carbonyl (C=O) groups is 2. The van der Waals surface area contributed by atoms with Crippen molar-refractivity contribution in [3.8, 4) is 0 Å². The van der Waals surface area contributed by atoms with Crippen molar-refractivity contribution in [1.29, 1.82) is 0 Å². The first-order valence-electron chi connectivity index (χ1n) is 8.86. The Hall–Kier alpha value is -2.67. The molecule has 2 aliphatic rings. The fourth-order valence-corrected chi connectivity index (χ4v) is 3.65. The van der Waals surface area contributed by atoms with Gasteiger partial charge < -0.3 is 19.3 Å². The van der Waals surface area contributed by atoms with Gasteiger partial charge in [-0.05, 0) is 18.4 Å². The van der Waals surface area contributed by atoms with E-state index in [1.54, 1.807) is 11.2 Å². The lowest BCUT2D eigenvalue weighted by Crippen LogP contribution is -2.41. The monoisotopic (exact) mass is 355 g/mol. The molecule has 1 saturated heterocycles. The van der Waals surface area contributed by atoms with Gasteiger partial charge in [-0.3, -0.25) is 9.59 Å². The Morgan fingerprint density at radius 1 is 1.15 bits per heavy atom. The van der Waals surface area contributed by atoms with Crippen molar-refractivity contribution >= 4 is 11.9 Å². The number of piperidine rings is 1. The Bertz CT molecular complexity index is 809. The lowest BCUT2D eigenvalue weighted by atomic mass is 9.97. The summed E-state index contributed by atoms with van der Waals surface area (Å²) >= 11 is 0. The smallest absolute Gasteiger partial charge is 0.306 e. The highest BCUT2D eigenvalue weighted by Crippen LogP contribution is 2.28. The van der Waals surface area contributed by atoms with Crippen molar-refractivity contribution in [1.82, 2.24) is 14.5 Å². The number of benzene rings is 1. The van der Waals surface area contributed by atoms with Crippen molar-refractivity contribution < 1.29 is 19.4 Å². The Kier molecular flexibility index (Phi) is 4.46. The number of carboxylic acid groups (broad SMARTS) is 1. The summed E-state index contributed by atoms with van der Waals surface area (Å²) in [6.07, 6.45) is 2.63. The van der Waals surface area contributed by atoms with Crippen LogP contribution in [0.3, 0.4) is 0 Å². The quantitative estimate of drug-likeness (QED) is 0.911. The number of amides is 1. The minimum Gasteiger partial charge on any atom is -0.481 e. The predicted molar refractivity (Wildman–Crippen MR) is 92.5 cm³/mol. The first kappa shape index (κ1) is 16.8. The Labute approximate surface area is 151 Å². The number of imidazole rings is 1. The number of hydrogen-bond donors (Lipinski definition) is 1. The predicted octanol–water partition coefficient (Wildman–Crippen LogP) is 2.09. The number of hydrogen-bond acceptors (Lipinski definition) is 4. The second-order valence-corrected chi connectivity index (χ2v) is 6.81. The molecule has 1 fully saturated rings. The minimum atomic E-state index is -0.781. The third-order valence-electron chi connectivity index (χ3n) is 5.24. The minimum absolute atomic E-state index is 0.0489. The van der Waals surface area contributed by atoms with Crippen molar-refractivity contribution in [2.45, 2.75) is 32.1 Å². The molecule has 4 rings (SSSR count). The molecule has 7 nitrogen and oxygen atoms in total. The van der Waals surface area contributed by atoms with E-state index in [1.165, 1.54) is 0 Å². The van der Waals surface area contributed by atoms with E-state index < -0.39 is 5.97 Å². The molecule has 1 aromatic heterocycles. The summed E-state index contributed by atoms with van der Waals surface area (Å²) < 4.78 is 7.95. The van der Waals surface area contributed by atoms with Crippen LogP contribution in [0.25, 0.3) is 0 Å². The van der Waals surface area contributed by atoms with Crippen LogP contribution in [0.4, 0.5) is 0 Å². The molecule has 2 aliphatic heterocycles. The number of likely N-dealkylation sites (tertiary alicyclic amines) is 1. The maximum absolute atomic E-state index is 12.8. The number of carboxylic acids is 1. The lowest BCUT2D eigenvalue weighted by Gasteiger charge is -2.30. The van der Waals surface area contributed by atoms with Gasteiger partial charge in [0.25, 0.3) is 5.91 Å². The first-order valence-corrected chi connectivity index (χ1v) is 8.86. The van der Waals surface area contributed by atoms with Crippen LogP contribution in [0, 0.1) is 5.92 Å². The maximum Gasteiger partial charge on any atom is 0.306 e. The summed E-state index contributed by atoms with van der Waals surface area (Å²) in [5.74, 6) is -1.27. The molecule has 0 radical (unpaired) electrons. The zero-order valence-corrected chi connectivity index (χ0v) is 14.4. The van der Waals surface area contributed by atoms with E-state index in [2.05, 4.69) is 4.98 Å². The Morgan fingerprint density at radius 2 is 1.88 bits per heavy atom. The van der Waals surface area contributed by atoms with E-state index in [-0.39, 0.29) is 17.9 Å². The molecular weight excluding hydrogens is 334 g/mol. The molecule has 1 amide bonds. The van der Waals surface area contributed by atoms with Gasteiger partial charge in [0.15, 0.2) is 5.69 Å². The standard InChI is InChI=1S/C19H21N3O4/c23-18(21-8-6-14(7-9-21)19(24)25)17-15-11-26-16(10-22(15)12-20-17)13-4-2-1-3-5-13/h1-5,12,14,16H,6-11H2,(H,24,25)/t16-/m0/s1. The third kappa shape index (κ3) is 3.10. The largest absolute Gasteiger partial charge is 0.481 e. The van der Waals surface area contributed by atoms with Gasteiger partial charge in [0, 0.05) is 13.1 Å².